The van der Waals surface area contributed by atoms with Crippen LogP contribution in [0.15, 0.2) is 48.5 Å². The lowest BCUT2D eigenvalue weighted by Gasteiger charge is -2.08. The first-order valence-electron chi connectivity index (χ1n) is 7.60. The highest BCUT2D eigenvalue weighted by Crippen LogP contribution is 2.25. The van der Waals surface area contributed by atoms with Crippen molar-refractivity contribution in [2.24, 2.45) is 0 Å². The Hall–Kier alpha value is -2.73. The molecule has 0 fully saturated rings. The van der Waals surface area contributed by atoms with E-state index in [-0.39, 0.29) is 19.6 Å². The molecule has 0 radical (unpaired) electrons. The molecular formula is C18H17ClO6. The van der Waals surface area contributed by atoms with E-state index >= 15 is 0 Å². The molecule has 0 spiro atoms. The number of carbonyl (C=O) groups excluding carboxylic acids is 2. The number of benzene rings is 2. The second kappa shape index (κ2) is 9.54. The maximum absolute atomic E-state index is 11.4. The maximum Gasteiger partial charge on any atom is 0.516 e. The second-order valence-electron chi connectivity index (χ2n) is 4.78. The first-order chi connectivity index (χ1) is 12.1. The van der Waals surface area contributed by atoms with Crippen molar-refractivity contribution in [3.8, 4) is 17.2 Å². The van der Waals surface area contributed by atoms with E-state index in [9.17, 15) is 9.59 Å². The lowest BCUT2D eigenvalue weighted by atomic mass is 10.3. The van der Waals surface area contributed by atoms with Gasteiger partial charge in [0.15, 0.2) is 0 Å². The van der Waals surface area contributed by atoms with Gasteiger partial charge in [0.1, 0.15) is 17.2 Å². The van der Waals surface area contributed by atoms with E-state index in [1.165, 1.54) is 0 Å². The number of halogens is 1. The summed E-state index contributed by atoms with van der Waals surface area (Å²) < 4.78 is 20.0. The van der Waals surface area contributed by atoms with Gasteiger partial charge in [0.05, 0.1) is 19.6 Å². The summed E-state index contributed by atoms with van der Waals surface area (Å²) in [5.41, 5.74) is 0. The Morgan fingerprint density at radius 1 is 0.920 bits per heavy atom. The van der Waals surface area contributed by atoms with Crippen LogP contribution >= 0.6 is 11.6 Å². The second-order valence-corrected chi connectivity index (χ2v) is 5.22. The lowest BCUT2D eigenvalue weighted by molar-refractivity contribution is -0.140. The fraction of sp³-hybridized carbons (Fsp3) is 0.222. The quantitative estimate of drug-likeness (QED) is 0.528. The summed E-state index contributed by atoms with van der Waals surface area (Å²) in [6, 6.07) is 13.9. The summed E-state index contributed by atoms with van der Waals surface area (Å²) in [5, 5.41) is 0.637. The molecule has 0 saturated carbocycles. The number of ether oxygens (including phenoxy) is 4. The summed E-state index contributed by atoms with van der Waals surface area (Å²) in [6.07, 6.45) is -1.07. The molecule has 0 aliphatic rings. The highest BCUT2D eigenvalue weighted by atomic mass is 35.5. The molecule has 2 aromatic rings. The number of carbonyl (C=O) groups is 2. The fourth-order valence-corrected chi connectivity index (χ4v) is 1.91. The molecule has 0 heterocycles. The SMILES string of the molecule is CCOC(=O)OC(=O)CCOc1ccc(Oc2ccc(Cl)cc2)cc1. The van der Waals surface area contributed by atoms with Gasteiger partial charge in [0.2, 0.25) is 0 Å². The lowest BCUT2D eigenvalue weighted by Crippen LogP contribution is -2.16. The van der Waals surface area contributed by atoms with Crippen LogP contribution in [0.1, 0.15) is 13.3 Å². The molecule has 132 valence electrons. The highest BCUT2D eigenvalue weighted by molar-refractivity contribution is 6.30. The first-order valence-corrected chi connectivity index (χ1v) is 7.98. The van der Waals surface area contributed by atoms with Crippen molar-refractivity contribution in [1.82, 2.24) is 0 Å². The van der Waals surface area contributed by atoms with Crippen molar-refractivity contribution < 1.29 is 28.5 Å². The van der Waals surface area contributed by atoms with Crippen LogP contribution in [0, 0.1) is 0 Å². The van der Waals surface area contributed by atoms with Crippen LogP contribution in [0.3, 0.4) is 0 Å². The van der Waals surface area contributed by atoms with Crippen LogP contribution < -0.4 is 9.47 Å². The molecule has 0 saturated heterocycles. The van der Waals surface area contributed by atoms with Crippen LogP contribution in [0.5, 0.6) is 17.2 Å². The maximum atomic E-state index is 11.4. The van der Waals surface area contributed by atoms with E-state index in [1.54, 1.807) is 55.5 Å². The van der Waals surface area contributed by atoms with E-state index < -0.39 is 12.1 Å². The summed E-state index contributed by atoms with van der Waals surface area (Å²) in [5.74, 6) is 1.16. The molecule has 0 unspecified atom stereocenters. The van der Waals surface area contributed by atoms with Crippen molar-refractivity contribution in [3.05, 3.63) is 53.6 Å². The molecule has 0 aliphatic carbocycles. The fourth-order valence-electron chi connectivity index (χ4n) is 1.79. The van der Waals surface area contributed by atoms with Gasteiger partial charge in [0, 0.05) is 5.02 Å². The van der Waals surface area contributed by atoms with Gasteiger partial charge in [-0.1, -0.05) is 11.6 Å². The Kier molecular flexibility index (Phi) is 7.10. The predicted molar refractivity (Wildman–Crippen MR) is 91.2 cm³/mol. The normalized spacial score (nSPS) is 10.0. The van der Waals surface area contributed by atoms with Gasteiger partial charge in [0.25, 0.3) is 0 Å². The Balaban J connectivity index is 1.75. The third-order valence-electron chi connectivity index (χ3n) is 2.91. The average molecular weight is 365 g/mol. The van der Waals surface area contributed by atoms with Crippen LogP contribution in [-0.2, 0) is 14.3 Å². The minimum Gasteiger partial charge on any atom is -0.493 e. The van der Waals surface area contributed by atoms with E-state index in [4.69, 9.17) is 21.1 Å². The molecule has 0 N–H and O–H groups in total. The zero-order chi connectivity index (χ0) is 18.1. The van der Waals surface area contributed by atoms with Gasteiger partial charge in [-0.05, 0) is 55.5 Å². The third-order valence-corrected chi connectivity index (χ3v) is 3.16. The minimum absolute atomic E-state index is 0.0676. The molecule has 6 nitrogen and oxygen atoms in total. The van der Waals surface area contributed by atoms with Crippen molar-refractivity contribution in [2.75, 3.05) is 13.2 Å². The van der Waals surface area contributed by atoms with Crippen LogP contribution in [0.4, 0.5) is 4.79 Å². The smallest absolute Gasteiger partial charge is 0.493 e. The Labute approximate surface area is 150 Å². The Bertz CT molecular complexity index is 697. The topological polar surface area (TPSA) is 71.1 Å². The van der Waals surface area contributed by atoms with E-state index in [1.807, 2.05) is 0 Å². The van der Waals surface area contributed by atoms with Gasteiger partial charge >= 0.3 is 12.1 Å². The molecule has 0 aromatic heterocycles. The molecule has 0 bridgehead atoms. The number of rotatable bonds is 7. The van der Waals surface area contributed by atoms with Crippen LogP contribution in [0.25, 0.3) is 0 Å². The highest BCUT2D eigenvalue weighted by Gasteiger charge is 2.11. The zero-order valence-electron chi connectivity index (χ0n) is 13.6. The monoisotopic (exact) mass is 364 g/mol. The molecule has 0 aliphatic heterocycles. The third kappa shape index (κ3) is 6.73. The predicted octanol–water partition coefficient (Wildman–Crippen LogP) is 4.60. The van der Waals surface area contributed by atoms with Crippen molar-refractivity contribution >= 4 is 23.7 Å². The van der Waals surface area contributed by atoms with E-state index in [0.29, 0.717) is 22.3 Å². The van der Waals surface area contributed by atoms with Gasteiger partial charge in [-0.25, -0.2) is 4.79 Å². The molecular weight excluding hydrogens is 348 g/mol. The van der Waals surface area contributed by atoms with Gasteiger partial charge in [-0.2, -0.15) is 0 Å². The minimum atomic E-state index is -1.00. The van der Waals surface area contributed by atoms with E-state index in [2.05, 4.69) is 9.47 Å². The van der Waals surface area contributed by atoms with Crippen LogP contribution in [0.2, 0.25) is 5.02 Å². The molecule has 25 heavy (non-hydrogen) atoms. The Morgan fingerprint density at radius 3 is 2.08 bits per heavy atom. The van der Waals surface area contributed by atoms with E-state index in [0.717, 1.165) is 0 Å². The van der Waals surface area contributed by atoms with Crippen molar-refractivity contribution in [3.63, 3.8) is 0 Å². The Morgan fingerprint density at radius 2 is 1.48 bits per heavy atom. The van der Waals surface area contributed by atoms with Gasteiger partial charge < -0.3 is 18.9 Å². The summed E-state index contributed by atoms with van der Waals surface area (Å²) >= 11 is 5.82. The van der Waals surface area contributed by atoms with Crippen LogP contribution in [-0.4, -0.2) is 25.3 Å². The average Bonchev–Trinajstić information content (AvgIpc) is 2.58. The number of esters is 1. The largest absolute Gasteiger partial charge is 0.516 e. The molecule has 0 amide bonds. The summed E-state index contributed by atoms with van der Waals surface area (Å²) in [7, 11) is 0. The number of hydrogen-bond acceptors (Lipinski definition) is 6. The first kappa shape index (κ1) is 18.6. The van der Waals surface area contributed by atoms with Crippen molar-refractivity contribution in [1.29, 1.82) is 0 Å². The number of hydrogen-bond donors (Lipinski definition) is 0. The summed E-state index contributed by atoms with van der Waals surface area (Å²) in [4.78, 5) is 22.3. The zero-order valence-corrected chi connectivity index (χ0v) is 14.3. The van der Waals surface area contributed by atoms with Gasteiger partial charge in [-0.15, -0.1) is 0 Å². The molecule has 2 rings (SSSR count). The standard InChI is InChI=1S/C18H17ClO6/c1-2-22-18(21)25-17(20)11-12-23-14-7-9-16(10-8-14)24-15-5-3-13(19)4-6-15/h3-10H,2,11-12H2,1H3. The van der Waals surface area contributed by atoms with Crippen molar-refractivity contribution in [2.45, 2.75) is 13.3 Å². The molecule has 0 atom stereocenters. The summed E-state index contributed by atoms with van der Waals surface area (Å²) in [6.45, 7) is 1.85. The van der Waals surface area contributed by atoms with Gasteiger partial charge in [-0.3, -0.25) is 4.79 Å². The molecule has 2 aromatic carbocycles. The molecule has 7 heteroatoms.